The van der Waals surface area contributed by atoms with Crippen molar-refractivity contribution in [3.05, 3.63) is 42.2 Å². The van der Waals surface area contributed by atoms with E-state index in [0.717, 1.165) is 18.4 Å². The summed E-state index contributed by atoms with van der Waals surface area (Å²) in [7, 11) is 0. The van der Waals surface area contributed by atoms with E-state index in [2.05, 4.69) is 5.16 Å². The first kappa shape index (κ1) is 17.7. The molecule has 1 atom stereocenters. The zero-order valence-electron chi connectivity index (χ0n) is 15.2. The molecule has 3 heterocycles. The molecule has 7 nitrogen and oxygen atoms in total. The molecule has 7 heteroatoms. The summed E-state index contributed by atoms with van der Waals surface area (Å²) in [4.78, 5) is 29.1. The van der Waals surface area contributed by atoms with E-state index in [1.165, 1.54) is 0 Å². The van der Waals surface area contributed by atoms with Gasteiger partial charge in [-0.05, 0) is 12.8 Å². The van der Waals surface area contributed by atoms with Gasteiger partial charge < -0.3 is 19.1 Å². The smallest absolute Gasteiger partial charge is 0.292 e. The minimum absolute atomic E-state index is 0.123. The van der Waals surface area contributed by atoms with E-state index >= 15 is 0 Å². The lowest BCUT2D eigenvalue weighted by Crippen LogP contribution is -2.49. The van der Waals surface area contributed by atoms with E-state index in [9.17, 15) is 9.59 Å². The Kier molecular flexibility index (Phi) is 5.20. The van der Waals surface area contributed by atoms with E-state index < -0.39 is 0 Å². The third-order valence-corrected chi connectivity index (χ3v) is 5.17. The Hall–Kier alpha value is -2.67. The Morgan fingerprint density at radius 2 is 1.81 bits per heavy atom. The van der Waals surface area contributed by atoms with Crippen LogP contribution in [-0.4, -0.2) is 66.2 Å². The van der Waals surface area contributed by atoms with E-state index in [-0.39, 0.29) is 23.5 Å². The Balaban J connectivity index is 1.43. The number of carbonyl (C=O) groups is 2. The zero-order chi connectivity index (χ0) is 18.6. The first-order chi connectivity index (χ1) is 13.2. The Bertz CT molecular complexity index is 799. The molecular formula is C20H23N3O4. The zero-order valence-corrected chi connectivity index (χ0v) is 15.2. The first-order valence-corrected chi connectivity index (χ1v) is 9.40. The average Bonchev–Trinajstić information content (AvgIpc) is 3.24. The second kappa shape index (κ2) is 7.92. The number of nitrogens with zero attached hydrogens (tertiary/aromatic N) is 3. The summed E-state index contributed by atoms with van der Waals surface area (Å²) in [5, 5.41) is 4.02. The lowest BCUT2D eigenvalue weighted by Gasteiger charge is -2.35. The highest BCUT2D eigenvalue weighted by Crippen LogP contribution is 2.23. The summed E-state index contributed by atoms with van der Waals surface area (Å²) in [6, 6.07) is 11.3. The van der Waals surface area contributed by atoms with Crippen LogP contribution in [0.4, 0.5) is 0 Å². The first-order valence-electron chi connectivity index (χ1n) is 9.40. The quantitative estimate of drug-likeness (QED) is 0.828. The van der Waals surface area contributed by atoms with Crippen molar-refractivity contribution in [3.63, 3.8) is 0 Å². The summed E-state index contributed by atoms with van der Waals surface area (Å²) in [5.74, 6) is -0.0202. The minimum atomic E-state index is -0.204. The van der Waals surface area contributed by atoms with Crippen molar-refractivity contribution < 1.29 is 18.8 Å². The average molecular weight is 369 g/mol. The van der Waals surface area contributed by atoms with Gasteiger partial charge in [-0.25, -0.2) is 0 Å². The SMILES string of the molecule is O=C(c1cc(-c2ccccc2)no1)N1CCCC(C(=O)N2CCOCC2)C1. The summed E-state index contributed by atoms with van der Waals surface area (Å²) in [6.07, 6.45) is 1.62. The van der Waals surface area contributed by atoms with Gasteiger partial charge in [0.05, 0.1) is 19.1 Å². The molecule has 4 rings (SSSR count). The number of hydrogen-bond donors (Lipinski definition) is 0. The third-order valence-electron chi connectivity index (χ3n) is 5.17. The van der Waals surface area contributed by atoms with Crippen molar-refractivity contribution in [2.24, 2.45) is 5.92 Å². The number of morpholine rings is 1. The van der Waals surface area contributed by atoms with Crippen LogP contribution in [-0.2, 0) is 9.53 Å². The van der Waals surface area contributed by atoms with Crippen LogP contribution in [0.5, 0.6) is 0 Å². The molecule has 0 bridgehead atoms. The van der Waals surface area contributed by atoms with E-state index in [0.29, 0.717) is 45.1 Å². The molecule has 2 fully saturated rings. The lowest BCUT2D eigenvalue weighted by molar-refractivity contribution is -0.141. The standard InChI is InChI=1S/C20H23N3O4/c24-19(22-9-11-26-12-10-22)16-7-4-8-23(14-16)20(25)18-13-17(21-27-18)15-5-2-1-3-6-15/h1-3,5-6,13,16H,4,7-12,14H2. The summed E-state index contributed by atoms with van der Waals surface area (Å²) < 4.78 is 10.6. The Labute approximate surface area is 157 Å². The van der Waals surface area contributed by atoms with Gasteiger partial charge in [-0.2, -0.15) is 0 Å². The molecule has 2 saturated heterocycles. The van der Waals surface area contributed by atoms with Gasteiger partial charge in [-0.15, -0.1) is 0 Å². The van der Waals surface area contributed by atoms with Gasteiger partial charge in [-0.1, -0.05) is 35.5 Å². The van der Waals surface area contributed by atoms with Crippen molar-refractivity contribution in [2.75, 3.05) is 39.4 Å². The normalized spacial score (nSPS) is 20.5. The highest BCUT2D eigenvalue weighted by atomic mass is 16.5. The number of piperidine rings is 1. The number of hydrogen-bond acceptors (Lipinski definition) is 5. The highest BCUT2D eigenvalue weighted by molar-refractivity contribution is 5.93. The number of ether oxygens (including phenoxy) is 1. The molecule has 1 aromatic carbocycles. The van der Waals surface area contributed by atoms with Gasteiger partial charge in [0.2, 0.25) is 11.7 Å². The van der Waals surface area contributed by atoms with Crippen molar-refractivity contribution in [3.8, 4) is 11.3 Å². The van der Waals surface area contributed by atoms with Gasteiger partial charge in [-0.3, -0.25) is 9.59 Å². The number of amides is 2. The van der Waals surface area contributed by atoms with E-state index in [4.69, 9.17) is 9.26 Å². The molecule has 2 amide bonds. The monoisotopic (exact) mass is 369 g/mol. The van der Waals surface area contributed by atoms with Crippen LogP contribution in [0.2, 0.25) is 0 Å². The third kappa shape index (κ3) is 3.88. The van der Waals surface area contributed by atoms with Gasteiger partial charge in [0, 0.05) is 37.8 Å². The number of carbonyl (C=O) groups excluding carboxylic acids is 2. The van der Waals surface area contributed by atoms with Gasteiger partial charge in [0.1, 0.15) is 5.69 Å². The molecule has 0 aliphatic carbocycles. The topological polar surface area (TPSA) is 75.9 Å². The summed E-state index contributed by atoms with van der Waals surface area (Å²) >= 11 is 0. The van der Waals surface area contributed by atoms with Crippen LogP contribution in [0.3, 0.4) is 0 Å². The molecule has 1 aromatic heterocycles. The van der Waals surface area contributed by atoms with Crippen LogP contribution in [0.25, 0.3) is 11.3 Å². The molecule has 2 aliphatic heterocycles. The number of benzene rings is 1. The molecule has 0 radical (unpaired) electrons. The maximum Gasteiger partial charge on any atom is 0.292 e. The van der Waals surface area contributed by atoms with Crippen LogP contribution < -0.4 is 0 Å². The van der Waals surface area contributed by atoms with Gasteiger partial charge in [0.25, 0.3) is 5.91 Å². The fourth-order valence-electron chi connectivity index (χ4n) is 3.68. The van der Waals surface area contributed by atoms with Crippen LogP contribution >= 0.6 is 0 Å². The number of likely N-dealkylation sites (tertiary alicyclic amines) is 1. The summed E-state index contributed by atoms with van der Waals surface area (Å²) in [5.41, 5.74) is 1.54. The fraction of sp³-hybridized carbons (Fsp3) is 0.450. The molecule has 2 aromatic rings. The van der Waals surface area contributed by atoms with Crippen molar-refractivity contribution in [2.45, 2.75) is 12.8 Å². The molecule has 0 saturated carbocycles. The Morgan fingerprint density at radius 3 is 2.59 bits per heavy atom. The highest BCUT2D eigenvalue weighted by Gasteiger charge is 2.33. The number of aromatic nitrogens is 1. The van der Waals surface area contributed by atoms with Crippen molar-refractivity contribution >= 4 is 11.8 Å². The van der Waals surface area contributed by atoms with Gasteiger partial charge in [0.15, 0.2) is 0 Å². The van der Waals surface area contributed by atoms with E-state index in [1.807, 2.05) is 35.2 Å². The molecule has 1 unspecified atom stereocenters. The van der Waals surface area contributed by atoms with Crippen LogP contribution in [0.1, 0.15) is 23.4 Å². The summed E-state index contributed by atoms with van der Waals surface area (Å²) in [6.45, 7) is 3.49. The van der Waals surface area contributed by atoms with Crippen LogP contribution in [0.15, 0.2) is 40.9 Å². The molecule has 2 aliphatic rings. The van der Waals surface area contributed by atoms with Crippen LogP contribution in [0, 0.1) is 5.92 Å². The minimum Gasteiger partial charge on any atom is -0.378 e. The molecule has 0 spiro atoms. The predicted octanol–water partition coefficient (Wildman–Crippen LogP) is 2.05. The van der Waals surface area contributed by atoms with E-state index in [1.54, 1.807) is 11.0 Å². The molecular weight excluding hydrogens is 346 g/mol. The second-order valence-corrected chi connectivity index (χ2v) is 6.97. The largest absolute Gasteiger partial charge is 0.378 e. The lowest BCUT2D eigenvalue weighted by atomic mass is 9.96. The maximum atomic E-state index is 12.8. The predicted molar refractivity (Wildman–Crippen MR) is 98.0 cm³/mol. The fourth-order valence-corrected chi connectivity index (χ4v) is 3.68. The molecule has 0 N–H and O–H groups in total. The van der Waals surface area contributed by atoms with Crippen molar-refractivity contribution in [1.29, 1.82) is 0 Å². The molecule has 142 valence electrons. The molecule has 27 heavy (non-hydrogen) atoms. The second-order valence-electron chi connectivity index (χ2n) is 6.97. The van der Waals surface area contributed by atoms with Gasteiger partial charge >= 0.3 is 0 Å². The maximum absolute atomic E-state index is 12.8. The Morgan fingerprint density at radius 1 is 1.04 bits per heavy atom. The number of rotatable bonds is 3. The van der Waals surface area contributed by atoms with Crippen molar-refractivity contribution in [1.82, 2.24) is 15.0 Å².